The van der Waals surface area contributed by atoms with Gasteiger partial charge in [0.1, 0.15) is 0 Å². The molecule has 1 saturated carbocycles. The van der Waals surface area contributed by atoms with Crippen LogP contribution in [0.4, 0.5) is 0 Å². The van der Waals surface area contributed by atoms with Crippen molar-refractivity contribution in [3.63, 3.8) is 0 Å². The Balaban J connectivity index is 1.99. The van der Waals surface area contributed by atoms with E-state index in [1.165, 1.54) is 32.2 Å². The summed E-state index contributed by atoms with van der Waals surface area (Å²) in [6.07, 6.45) is 5.42. The summed E-state index contributed by atoms with van der Waals surface area (Å²) in [5, 5.41) is 2.53. The van der Waals surface area contributed by atoms with Gasteiger partial charge in [-0.3, -0.25) is 0 Å². The van der Waals surface area contributed by atoms with Crippen LogP contribution in [-0.2, 0) is 0 Å². The number of nitrogens with two attached hydrogens (primary N) is 2. The van der Waals surface area contributed by atoms with E-state index in [-0.39, 0.29) is 0 Å². The molecule has 0 bridgehead atoms. The first-order chi connectivity index (χ1) is 5.77. The monoisotopic (exact) mass is 169 g/mol. The summed E-state index contributed by atoms with van der Waals surface area (Å²) in [4.78, 5) is 0. The van der Waals surface area contributed by atoms with Crippen LogP contribution in [0.25, 0.3) is 0 Å². The van der Waals surface area contributed by atoms with Crippen LogP contribution in [0.5, 0.6) is 0 Å². The molecule has 4 atom stereocenters. The first kappa shape index (κ1) is 8.52. The molecule has 0 spiro atoms. The highest BCUT2D eigenvalue weighted by molar-refractivity contribution is 4.86. The lowest BCUT2D eigenvalue weighted by Gasteiger charge is -2.39. The Morgan fingerprint density at radius 2 is 2.08 bits per heavy atom. The summed E-state index contributed by atoms with van der Waals surface area (Å²) < 4.78 is 0. The highest BCUT2D eigenvalue weighted by atomic mass is 15.0. The van der Waals surface area contributed by atoms with Gasteiger partial charge in [-0.15, -0.1) is 0 Å². The van der Waals surface area contributed by atoms with E-state index in [0.717, 1.165) is 17.9 Å². The molecule has 1 aliphatic heterocycles. The van der Waals surface area contributed by atoms with E-state index in [9.17, 15) is 0 Å². The smallest absolute Gasteiger partial charge is 0.0905 e. The zero-order chi connectivity index (χ0) is 8.55. The minimum Gasteiger partial charge on any atom is -0.343 e. The molecule has 0 amide bonds. The number of piperidine rings is 1. The van der Waals surface area contributed by atoms with Crippen molar-refractivity contribution in [2.45, 2.75) is 44.7 Å². The van der Waals surface area contributed by atoms with Gasteiger partial charge in [0, 0.05) is 24.8 Å². The van der Waals surface area contributed by atoms with Gasteiger partial charge in [0.25, 0.3) is 0 Å². The van der Waals surface area contributed by atoms with Crippen LogP contribution in [0.15, 0.2) is 0 Å². The van der Waals surface area contributed by atoms with E-state index in [2.05, 4.69) is 12.2 Å². The third-order valence-electron chi connectivity index (χ3n) is 3.74. The first-order valence-electron chi connectivity index (χ1n) is 5.36. The van der Waals surface area contributed by atoms with E-state index < -0.39 is 0 Å². The molecular formula is C10H21N2+. The molecule has 1 aliphatic carbocycles. The molecule has 2 aliphatic rings. The summed E-state index contributed by atoms with van der Waals surface area (Å²) >= 11 is 0. The fourth-order valence-corrected chi connectivity index (χ4v) is 2.97. The molecule has 1 saturated heterocycles. The molecule has 0 aromatic rings. The second kappa shape index (κ2) is 3.35. The summed E-state index contributed by atoms with van der Waals surface area (Å²) in [5.74, 6) is 1.77. The predicted molar refractivity (Wildman–Crippen MR) is 49.7 cm³/mol. The van der Waals surface area contributed by atoms with Crippen molar-refractivity contribution in [2.75, 3.05) is 6.54 Å². The minimum atomic E-state index is 0.507. The fraction of sp³-hybridized carbons (Fsp3) is 1.00. The molecule has 0 aromatic heterocycles. The van der Waals surface area contributed by atoms with Crippen LogP contribution in [0, 0.1) is 11.8 Å². The molecule has 0 radical (unpaired) electrons. The van der Waals surface area contributed by atoms with Crippen molar-refractivity contribution >= 4 is 0 Å². The SMILES string of the molecule is CC1CCC2C(N)CC[NH2+]C2C1. The summed E-state index contributed by atoms with van der Waals surface area (Å²) in [6, 6.07) is 1.37. The molecular weight excluding hydrogens is 148 g/mol. The maximum atomic E-state index is 6.11. The number of hydrogen-bond acceptors (Lipinski definition) is 1. The van der Waals surface area contributed by atoms with Crippen LogP contribution < -0.4 is 11.1 Å². The highest BCUT2D eigenvalue weighted by Crippen LogP contribution is 2.30. The second-order valence-corrected chi connectivity index (χ2v) is 4.72. The van der Waals surface area contributed by atoms with Crippen molar-refractivity contribution in [2.24, 2.45) is 17.6 Å². The van der Waals surface area contributed by atoms with Gasteiger partial charge >= 0.3 is 0 Å². The number of hydrogen-bond donors (Lipinski definition) is 2. The number of fused-ring (bicyclic) bond motifs is 1. The van der Waals surface area contributed by atoms with Crippen LogP contribution in [-0.4, -0.2) is 18.6 Å². The molecule has 2 fully saturated rings. The van der Waals surface area contributed by atoms with Gasteiger partial charge in [0.05, 0.1) is 12.6 Å². The highest BCUT2D eigenvalue weighted by Gasteiger charge is 2.37. The average Bonchev–Trinajstić information content (AvgIpc) is 2.04. The minimum absolute atomic E-state index is 0.507. The summed E-state index contributed by atoms with van der Waals surface area (Å²) in [6.45, 7) is 3.64. The second-order valence-electron chi connectivity index (χ2n) is 4.72. The zero-order valence-electron chi connectivity index (χ0n) is 8.00. The van der Waals surface area contributed by atoms with Crippen molar-refractivity contribution in [1.29, 1.82) is 0 Å². The zero-order valence-corrected chi connectivity index (χ0v) is 8.00. The number of rotatable bonds is 0. The standard InChI is InChI=1S/C10H20N2/c1-7-2-3-8-9(11)4-5-12-10(8)6-7/h7-10,12H,2-6,11H2,1H3/p+1. The normalized spacial score (nSPS) is 48.5. The molecule has 1 heterocycles. The van der Waals surface area contributed by atoms with E-state index in [0.29, 0.717) is 6.04 Å². The fourth-order valence-electron chi connectivity index (χ4n) is 2.97. The van der Waals surface area contributed by atoms with Crippen LogP contribution in [0.3, 0.4) is 0 Å². The third-order valence-corrected chi connectivity index (χ3v) is 3.74. The van der Waals surface area contributed by atoms with Crippen LogP contribution >= 0.6 is 0 Å². The molecule has 0 aromatic carbocycles. The summed E-state index contributed by atoms with van der Waals surface area (Å²) in [5.41, 5.74) is 6.11. The Bertz CT molecular complexity index is 158. The van der Waals surface area contributed by atoms with E-state index in [1.54, 1.807) is 0 Å². The lowest BCUT2D eigenvalue weighted by molar-refractivity contribution is -0.708. The van der Waals surface area contributed by atoms with Gasteiger partial charge in [-0.25, -0.2) is 0 Å². The average molecular weight is 169 g/mol. The maximum absolute atomic E-state index is 6.11. The lowest BCUT2D eigenvalue weighted by atomic mass is 9.73. The van der Waals surface area contributed by atoms with Gasteiger partial charge in [-0.2, -0.15) is 0 Å². The van der Waals surface area contributed by atoms with Gasteiger partial charge in [-0.1, -0.05) is 6.92 Å². The molecule has 2 rings (SSSR count). The van der Waals surface area contributed by atoms with Crippen molar-refractivity contribution in [1.82, 2.24) is 0 Å². The molecule has 12 heavy (non-hydrogen) atoms. The van der Waals surface area contributed by atoms with E-state index in [1.807, 2.05) is 0 Å². The van der Waals surface area contributed by atoms with Crippen LogP contribution in [0.1, 0.15) is 32.6 Å². The predicted octanol–water partition coefficient (Wildman–Crippen LogP) is 0.0856. The van der Waals surface area contributed by atoms with E-state index in [4.69, 9.17) is 5.73 Å². The van der Waals surface area contributed by atoms with Gasteiger partial charge in [0.2, 0.25) is 0 Å². The van der Waals surface area contributed by atoms with Crippen molar-refractivity contribution < 1.29 is 5.32 Å². The van der Waals surface area contributed by atoms with Crippen LogP contribution in [0.2, 0.25) is 0 Å². The van der Waals surface area contributed by atoms with Gasteiger partial charge < -0.3 is 11.1 Å². The maximum Gasteiger partial charge on any atom is 0.0905 e. The van der Waals surface area contributed by atoms with Gasteiger partial charge in [0.15, 0.2) is 0 Å². The Morgan fingerprint density at radius 3 is 2.92 bits per heavy atom. The molecule has 4 unspecified atom stereocenters. The third kappa shape index (κ3) is 1.50. The van der Waals surface area contributed by atoms with Crippen molar-refractivity contribution in [3.05, 3.63) is 0 Å². The molecule has 2 heteroatoms. The Kier molecular flexibility index (Phi) is 2.37. The Hall–Kier alpha value is -0.0800. The van der Waals surface area contributed by atoms with Gasteiger partial charge in [-0.05, 0) is 18.8 Å². The largest absolute Gasteiger partial charge is 0.343 e. The Morgan fingerprint density at radius 1 is 1.25 bits per heavy atom. The Labute approximate surface area is 74.9 Å². The quantitative estimate of drug-likeness (QED) is 0.530. The van der Waals surface area contributed by atoms with E-state index >= 15 is 0 Å². The summed E-state index contributed by atoms with van der Waals surface area (Å²) in [7, 11) is 0. The first-order valence-corrected chi connectivity index (χ1v) is 5.36. The topological polar surface area (TPSA) is 42.6 Å². The number of quaternary nitrogens is 1. The molecule has 70 valence electrons. The lowest BCUT2D eigenvalue weighted by Crippen LogP contribution is -2.95. The molecule has 4 N–H and O–H groups in total. The van der Waals surface area contributed by atoms with Crippen molar-refractivity contribution in [3.8, 4) is 0 Å². The molecule has 2 nitrogen and oxygen atoms in total.